The second kappa shape index (κ2) is 9.53. The average Bonchev–Trinajstić information content (AvgIpc) is 3.47. The molecule has 8 heteroatoms. The van der Waals surface area contributed by atoms with Gasteiger partial charge in [0.25, 0.3) is 0 Å². The molecule has 0 radical (unpaired) electrons. The normalized spacial score (nSPS) is 10.7. The van der Waals surface area contributed by atoms with Gasteiger partial charge in [-0.05, 0) is 42.0 Å². The third-order valence-electron chi connectivity index (χ3n) is 4.31. The molecule has 1 aromatic carbocycles. The molecule has 4 rings (SSSR count). The summed E-state index contributed by atoms with van der Waals surface area (Å²) in [6, 6.07) is 16.5. The van der Waals surface area contributed by atoms with Crippen LogP contribution in [0.25, 0.3) is 5.82 Å². The molecule has 0 bridgehead atoms. The van der Waals surface area contributed by atoms with Gasteiger partial charge in [0, 0.05) is 36.4 Å². The molecule has 4 aromatic rings. The molecule has 0 unspecified atom stereocenters. The topological polar surface area (TPSA) is 94.2 Å². The monoisotopic (exact) mass is 403 g/mol. The third-order valence-corrected chi connectivity index (χ3v) is 4.31. The number of nitrogens with one attached hydrogen (secondary N) is 2. The Morgan fingerprint density at radius 2 is 2.03 bits per heavy atom. The van der Waals surface area contributed by atoms with Crippen molar-refractivity contribution in [3.05, 3.63) is 96.3 Å². The number of hydrogen-bond donors (Lipinski definition) is 2. The van der Waals surface area contributed by atoms with Crippen molar-refractivity contribution >= 4 is 11.7 Å². The minimum Gasteiger partial charge on any atom is -0.467 e. The summed E-state index contributed by atoms with van der Waals surface area (Å²) in [6.07, 6.45) is 6.81. The average molecular weight is 403 g/mol. The minimum atomic E-state index is -0.307. The Kier molecular flexibility index (Phi) is 6.16. The van der Waals surface area contributed by atoms with Crippen LogP contribution in [-0.2, 0) is 24.5 Å². The predicted molar refractivity (Wildman–Crippen MR) is 111 cm³/mol. The van der Waals surface area contributed by atoms with E-state index in [2.05, 4.69) is 20.7 Å². The quantitative estimate of drug-likeness (QED) is 0.465. The van der Waals surface area contributed by atoms with Gasteiger partial charge in [0.1, 0.15) is 12.4 Å². The van der Waals surface area contributed by atoms with Crippen LogP contribution in [0.5, 0.6) is 0 Å². The van der Waals surface area contributed by atoms with E-state index in [1.807, 2.05) is 60.8 Å². The highest BCUT2D eigenvalue weighted by Gasteiger charge is 2.08. The van der Waals surface area contributed by atoms with E-state index < -0.39 is 0 Å². The second-order valence-corrected chi connectivity index (χ2v) is 6.52. The number of benzene rings is 1. The van der Waals surface area contributed by atoms with E-state index in [-0.39, 0.29) is 6.03 Å². The fourth-order valence-corrected chi connectivity index (χ4v) is 2.92. The van der Waals surface area contributed by atoms with E-state index in [1.54, 1.807) is 23.3 Å². The van der Waals surface area contributed by atoms with Crippen molar-refractivity contribution in [2.45, 2.75) is 19.8 Å². The molecule has 0 saturated carbocycles. The predicted octanol–water partition coefficient (Wildman–Crippen LogP) is 3.90. The smallest absolute Gasteiger partial charge is 0.319 e. The Bertz CT molecular complexity index is 1080. The molecule has 2 N–H and O–H groups in total. The molecule has 0 aliphatic carbocycles. The van der Waals surface area contributed by atoms with Crippen LogP contribution in [0.4, 0.5) is 10.5 Å². The molecule has 0 aliphatic rings. The molecule has 3 heterocycles. The Balaban J connectivity index is 1.30. The van der Waals surface area contributed by atoms with Crippen molar-refractivity contribution in [3.8, 4) is 5.82 Å². The van der Waals surface area contributed by atoms with Gasteiger partial charge in [-0.25, -0.2) is 14.5 Å². The summed E-state index contributed by atoms with van der Waals surface area (Å²) < 4.78 is 12.6. The minimum absolute atomic E-state index is 0.307. The molecule has 3 aromatic heterocycles. The first-order chi connectivity index (χ1) is 14.8. The van der Waals surface area contributed by atoms with E-state index in [1.165, 1.54) is 0 Å². The Labute approximate surface area is 173 Å². The van der Waals surface area contributed by atoms with E-state index >= 15 is 0 Å². The first kappa shape index (κ1) is 19.4. The molecule has 8 nitrogen and oxygen atoms in total. The van der Waals surface area contributed by atoms with Crippen molar-refractivity contribution in [2.24, 2.45) is 0 Å². The maximum Gasteiger partial charge on any atom is 0.319 e. The lowest BCUT2D eigenvalue weighted by molar-refractivity contribution is 0.0930. The van der Waals surface area contributed by atoms with E-state index in [9.17, 15) is 4.79 Å². The zero-order valence-corrected chi connectivity index (χ0v) is 16.2. The lowest BCUT2D eigenvalue weighted by Gasteiger charge is -2.11. The van der Waals surface area contributed by atoms with Crippen LogP contribution in [0, 0.1) is 0 Å². The highest BCUT2D eigenvalue weighted by atomic mass is 16.5. The highest BCUT2D eigenvalue weighted by molar-refractivity contribution is 5.89. The van der Waals surface area contributed by atoms with Gasteiger partial charge < -0.3 is 19.8 Å². The van der Waals surface area contributed by atoms with Gasteiger partial charge in [-0.15, -0.1) is 0 Å². The molecular formula is C22H21N5O3. The first-order valence-electron chi connectivity index (χ1n) is 9.46. The summed E-state index contributed by atoms with van der Waals surface area (Å²) in [5, 5.41) is 9.90. The number of anilines is 1. The number of ether oxygens (including phenoxy) is 1. The zero-order valence-electron chi connectivity index (χ0n) is 16.2. The number of nitrogens with zero attached hydrogens (tertiary/aromatic N) is 3. The first-order valence-corrected chi connectivity index (χ1v) is 9.46. The summed E-state index contributed by atoms with van der Waals surface area (Å²) in [6.45, 7) is 1.14. The molecule has 152 valence electrons. The summed E-state index contributed by atoms with van der Waals surface area (Å²) in [7, 11) is 0. The van der Waals surface area contributed by atoms with Crippen LogP contribution >= 0.6 is 0 Å². The van der Waals surface area contributed by atoms with E-state index in [0.29, 0.717) is 31.3 Å². The lowest BCUT2D eigenvalue weighted by atomic mass is 10.2. The number of carbonyl (C=O) groups is 1. The maximum absolute atomic E-state index is 12.4. The van der Waals surface area contributed by atoms with Crippen LogP contribution in [-0.4, -0.2) is 20.8 Å². The Morgan fingerprint density at radius 3 is 2.87 bits per heavy atom. The van der Waals surface area contributed by atoms with Crippen molar-refractivity contribution in [3.63, 3.8) is 0 Å². The number of amides is 2. The van der Waals surface area contributed by atoms with E-state index in [4.69, 9.17) is 9.15 Å². The largest absolute Gasteiger partial charge is 0.467 e. The van der Waals surface area contributed by atoms with Gasteiger partial charge in [0.15, 0.2) is 5.82 Å². The highest BCUT2D eigenvalue weighted by Crippen LogP contribution is 2.14. The van der Waals surface area contributed by atoms with Crippen LogP contribution in [0.2, 0.25) is 0 Å². The zero-order chi connectivity index (χ0) is 20.6. The number of rotatable bonds is 8. The molecule has 0 spiro atoms. The summed E-state index contributed by atoms with van der Waals surface area (Å²) >= 11 is 0. The number of aromatic nitrogens is 3. The van der Waals surface area contributed by atoms with Crippen LogP contribution in [0.15, 0.2) is 83.9 Å². The number of furan rings is 1. The maximum atomic E-state index is 12.4. The van der Waals surface area contributed by atoms with Gasteiger partial charge in [-0.3, -0.25) is 0 Å². The second-order valence-electron chi connectivity index (χ2n) is 6.52. The van der Waals surface area contributed by atoms with Gasteiger partial charge in [-0.2, -0.15) is 5.10 Å². The van der Waals surface area contributed by atoms with Crippen LogP contribution in [0.3, 0.4) is 0 Å². The summed E-state index contributed by atoms with van der Waals surface area (Å²) in [4.78, 5) is 16.7. The van der Waals surface area contributed by atoms with Crippen molar-refractivity contribution in [1.29, 1.82) is 0 Å². The lowest BCUT2D eigenvalue weighted by Crippen LogP contribution is -2.28. The van der Waals surface area contributed by atoms with Gasteiger partial charge in [-0.1, -0.05) is 18.2 Å². The molecular weight excluding hydrogens is 382 g/mol. The molecule has 0 saturated heterocycles. The summed E-state index contributed by atoms with van der Waals surface area (Å²) in [5.41, 5.74) is 2.49. The van der Waals surface area contributed by atoms with Crippen molar-refractivity contribution < 1.29 is 13.9 Å². The number of carbonyl (C=O) groups excluding carboxylic acids is 1. The van der Waals surface area contributed by atoms with Gasteiger partial charge in [0.05, 0.1) is 12.9 Å². The number of hydrogen-bond acceptors (Lipinski definition) is 5. The number of pyridine rings is 1. The Morgan fingerprint density at radius 1 is 1.07 bits per heavy atom. The standard InChI is InChI=1S/C22H21N5O3/c28-22(24-14-18-6-2-9-23-21(18)27-11-4-10-25-27)26-19-7-1-5-17(13-19)15-29-16-20-8-3-12-30-20/h1-13H,14-16H2,(H2,24,26,28). The SMILES string of the molecule is O=C(NCc1cccnc1-n1cccn1)Nc1cccc(COCc2ccco2)c1. The van der Waals surface area contributed by atoms with E-state index in [0.717, 1.165) is 16.9 Å². The fourth-order valence-electron chi connectivity index (χ4n) is 2.92. The number of urea groups is 1. The van der Waals surface area contributed by atoms with Crippen molar-refractivity contribution in [1.82, 2.24) is 20.1 Å². The third kappa shape index (κ3) is 5.12. The van der Waals surface area contributed by atoms with Crippen LogP contribution in [0.1, 0.15) is 16.9 Å². The molecule has 0 aliphatic heterocycles. The van der Waals surface area contributed by atoms with Gasteiger partial charge in [0.2, 0.25) is 0 Å². The molecule has 2 amide bonds. The Hall–Kier alpha value is -3.91. The molecule has 0 atom stereocenters. The molecule has 30 heavy (non-hydrogen) atoms. The van der Waals surface area contributed by atoms with Crippen molar-refractivity contribution in [2.75, 3.05) is 5.32 Å². The van der Waals surface area contributed by atoms with Gasteiger partial charge >= 0.3 is 6.03 Å². The molecule has 0 fully saturated rings. The summed E-state index contributed by atoms with van der Waals surface area (Å²) in [5.74, 6) is 1.45. The fraction of sp³-hybridized carbons (Fsp3) is 0.136. The van der Waals surface area contributed by atoms with Crippen LogP contribution < -0.4 is 10.6 Å².